The molecule has 2 aromatic rings. The van der Waals surface area contributed by atoms with Crippen LogP contribution in [0.15, 0.2) is 34.9 Å². The van der Waals surface area contributed by atoms with Crippen LogP contribution in [0, 0.1) is 0 Å². The zero-order valence-corrected chi connectivity index (χ0v) is 12.0. The van der Waals surface area contributed by atoms with Gasteiger partial charge in [0.05, 0.1) is 12.8 Å². The van der Waals surface area contributed by atoms with Crippen LogP contribution in [0.1, 0.15) is 17.3 Å². The zero-order chi connectivity index (χ0) is 13.1. The quantitative estimate of drug-likeness (QED) is 0.943. The molecule has 0 radical (unpaired) electrons. The molecule has 1 unspecified atom stereocenters. The van der Waals surface area contributed by atoms with Gasteiger partial charge in [-0.1, -0.05) is 22.0 Å². The second-order valence-corrected chi connectivity index (χ2v) is 5.09. The van der Waals surface area contributed by atoms with E-state index in [9.17, 15) is 0 Å². The Kier molecular flexibility index (Phi) is 4.04. The SMILES string of the molecule is COc1cc(Br)ccc1C(N)Cc1ccn(C)n1. The predicted molar refractivity (Wildman–Crippen MR) is 74.5 cm³/mol. The van der Waals surface area contributed by atoms with Gasteiger partial charge in [0.2, 0.25) is 0 Å². The van der Waals surface area contributed by atoms with E-state index in [1.165, 1.54) is 0 Å². The van der Waals surface area contributed by atoms with Gasteiger partial charge < -0.3 is 10.5 Å². The number of aryl methyl sites for hydroxylation is 1. The van der Waals surface area contributed by atoms with Crippen molar-refractivity contribution in [2.24, 2.45) is 12.8 Å². The maximum atomic E-state index is 6.22. The number of hydrogen-bond donors (Lipinski definition) is 1. The second kappa shape index (κ2) is 5.54. The van der Waals surface area contributed by atoms with Gasteiger partial charge in [-0.15, -0.1) is 0 Å². The van der Waals surface area contributed by atoms with Crippen LogP contribution in [-0.4, -0.2) is 16.9 Å². The van der Waals surface area contributed by atoms with E-state index in [0.29, 0.717) is 6.42 Å². The first-order chi connectivity index (χ1) is 8.60. The van der Waals surface area contributed by atoms with E-state index in [-0.39, 0.29) is 6.04 Å². The molecular formula is C13H16BrN3O. The molecule has 1 atom stereocenters. The first kappa shape index (κ1) is 13.1. The van der Waals surface area contributed by atoms with E-state index < -0.39 is 0 Å². The Morgan fingerprint density at radius 3 is 2.83 bits per heavy atom. The van der Waals surface area contributed by atoms with Crippen LogP contribution >= 0.6 is 15.9 Å². The Bertz CT molecular complexity index is 539. The van der Waals surface area contributed by atoms with Crippen LogP contribution < -0.4 is 10.5 Å². The molecule has 0 bridgehead atoms. The fourth-order valence-electron chi connectivity index (χ4n) is 1.90. The summed E-state index contributed by atoms with van der Waals surface area (Å²) in [7, 11) is 3.55. The molecule has 1 aromatic heterocycles. The molecule has 0 saturated heterocycles. The first-order valence-corrected chi connectivity index (χ1v) is 6.47. The minimum atomic E-state index is -0.122. The van der Waals surface area contributed by atoms with Crippen molar-refractivity contribution in [1.82, 2.24) is 9.78 Å². The van der Waals surface area contributed by atoms with Crippen molar-refractivity contribution < 1.29 is 4.74 Å². The number of methoxy groups -OCH3 is 1. The van der Waals surface area contributed by atoms with Crippen molar-refractivity contribution in [3.63, 3.8) is 0 Å². The Morgan fingerprint density at radius 2 is 2.22 bits per heavy atom. The average molecular weight is 310 g/mol. The van der Waals surface area contributed by atoms with Gasteiger partial charge in [0, 0.05) is 35.7 Å². The highest BCUT2D eigenvalue weighted by Gasteiger charge is 2.14. The Hall–Kier alpha value is -1.33. The van der Waals surface area contributed by atoms with Crippen molar-refractivity contribution in [2.45, 2.75) is 12.5 Å². The first-order valence-electron chi connectivity index (χ1n) is 5.67. The number of nitrogens with two attached hydrogens (primary N) is 1. The number of halogens is 1. The molecule has 0 spiro atoms. The lowest BCUT2D eigenvalue weighted by atomic mass is 10.0. The van der Waals surface area contributed by atoms with E-state index in [1.54, 1.807) is 11.8 Å². The lowest BCUT2D eigenvalue weighted by Gasteiger charge is -2.15. The van der Waals surface area contributed by atoms with Gasteiger partial charge in [0.1, 0.15) is 5.75 Å². The Morgan fingerprint density at radius 1 is 1.44 bits per heavy atom. The normalized spacial score (nSPS) is 12.4. The minimum absolute atomic E-state index is 0.122. The molecule has 0 saturated carbocycles. The van der Waals surface area contributed by atoms with Crippen LogP contribution in [0.4, 0.5) is 0 Å². The molecule has 5 heteroatoms. The predicted octanol–water partition coefficient (Wildman–Crippen LogP) is 2.43. The topological polar surface area (TPSA) is 53.1 Å². The fraction of sp³-hybridized carbons (Fsp3) is 0.308. The molecular weight excluding hydrogens is 294 g/mol. The average Bonchev–Trinajstić information content (AvgIpc) is 2.74. The van der Waals surface area contributed by atoms with Crippen molar-refractivity contribution in [3.05, 3.63) is 46.2 Å². The smallest absolute Gasteiger partial charge is 0.124 e. The highest BCUT2D eigenvalue weighted by atomic mass is 79.9. The van der Waals surface area contributed by atoms with Crippen molar-refractivity contribution in [2.75, 3.05) is 7.11 Å². The maximum absolute atomic E-state index is 6.22. The van der Waals surface area contributed by atoms with Gasteiger partial charge in [0.25, 0.3) is 0 Å². The van der Waals surface area contributed by atoms with E-state index in [1.807, 2.05) is 37.5 Å². The summed E-state index contributed by atoms with van der Waals surface area (Å²) in [6.07, 6.45) is 2.61. The summed E-state index contributed by atoms with van der Waals surface area (Å²) < 4.78 is 8.11. The van der Waals surface area contributed by atoms with Crippen molar-refractivity contribution in [1.29, 1.82) is 0 Å². The number of benzene rings is 1. The number of hydrogen-bond acceptors (Lipinski definition) is 3. The summed E-state index contributed by atoms with van der Waals surface area (Å²) in [5, 5.41) is 4.34. The Balaban J connectivity index is 2.20. The van der Waals surface area contributed by atoms with Crippen molar-refractivity contribution >= 4 is 15.9 Å². The fourth-order valence-corrected chi connectivity index (χ4v) is 2.24. The van der Waals surface area contributed by atoms with Gasteiger partial charge in [-0.3, -0.25) is 4.68 Å². The minimum Gasteiger partial charge on any atom is -0.496 e. The number of aromatic nitrogens is 2. The monoisotopic (exact) mass is 309 g/mol. The molecule has 0 amide bonds. The van der Waals surface area contributed by atoms with Gasteiger partial charge in [-0.2, -0.15) is 5.10 Å². The number of rotatable bonds is 4. The third-order valence-electron chi connectivity index (χ3n) is 2.79. The van der Waals surface area contributed by atoms with Crippen LogP contribution in [-0.2, 0) is 13.5 Å². The summed E-state index contributed by atoms with van der Waals surface area (Å²) in [4.78, 5) is 0. The summed E-state index contributed by atoms with van der Waals surface area (Å²) in [6.45, 7) is 0. The van der Waals surface area contributed by atoms with E-state index in [0.717, 1.165) is 21.5 Å². The molecule has 2 N–H and O–H groups in total. The van der Waals surface area contributed by atoms with Gasteiger partial charge in [-0.05, 0) is 18.2 Å². The highest BCUT2D eigenvalue weighted by Crippen LogP contribution is 2.28. The zero-order valence-electron chi connectivity index (χ0n) is 10.4. The maximum Gasteiger partial charge on any atom is 0.124 e. The molecule has 0 fully saturated rings. The summed E-state index contributed by atoms with van der Waals surface area (Å²) in [6, 6.07) is 7.73. The molecule has 0 aliphatic heterocycles. The molecule has 1 aromatic carbocycles. The molecule has 0 aliphatic carbocycles. The highest BCUT2D eigenvalue weighted by molar-refractivity contribution is 9.10. The van der Waals surface area contributed by atoms with E-state index in [2.05, 4.69) is 21.0 Å². The van der Waals surface area contributed by atoms with E-state index >= 15 is 0 Å². The summed E-state index contributed by atoms with van der Waals surface area (Å²) in [5.41, 5.74) is 8.19. The lowest BCUT2D eigenvalue weighted by molar-refractivity contribution is 0.405. The molecule has 1 heterocycles. The number of ether oxygens (including phenoxy) is 1. The molecule has 4 nitrogen and oxygen atoms in total. The van der Waals surface area contributed by atoms with E-state index in [4.69, 9.17) is 10.5 Å². The van der Waals surface area contributed by atoms with Crippen LogP contribution in [0.5, 0.6) is 5.75 Å². The van der Waals surface area contributed by atoms with Crippen molar-refractivity contribution in [3.8, 4) is 5.75 Å². The van der Waals surface area contributed by atoms with Crippen LogP contribution in [0.3, 0.4) is 0 Å². The van der Waals surface area contributed by atoms with Gasteiger partial charge in [-0.25, -0.2) is 0 Å². The number of nitrogens with zero attached hydrogens (tertiary/aromatic N) is 2. The lowest BCUT2D eigenvalue weighted by Crippen LogP contribution is -2.15. The molecule has 96 valence electrons. The Labute approximate surface area is 115 Å². The molecule has 2 rings (SSSR count). The largest absolute Gasteiger partial charge is 0.496 e. The third kappa shape index (κ3) is 2.91. The van der Waals surface area contributed by atoms with Crippen LogP contribution in [0.25, 0.3) is 0 Å². The standard InChI is InChI=1S/C13H16BrN3O/c1-17-6-5-10(16-17)8-12(15)11-4-3-9(14)7-13(11)18-2/h3-7,12H,8,15H2,1-2H3. The second-order valence-electron chi connectivity index (χ2n) is 4.18. The van der Waals surface area contributed by atoms with Crippen LogP contribution in [0.2, 0.25) is 0 Å². The van der Waals surface area contributed by atoms with Gasteiger partial charge in [0.15, 0.2) is 0 Å². The third-order valence-corrected chi connectivity index (χ3v) is 3.29. The van der Waals surface area contributed by atoms with Gasteiger partial charge >= 0.3 is 0 Å². The summed E-state index contributed by atoms with van der Waals surface area (Å²) in [5.74, 6) is 0.799. The summed E-state index contributed by atoms with van der Waals surface area (Å²) >= 11 is 3.42. The molecule has 0 aliphatic rings. The molecule has 18 heavy (non-hydrogen) atoms.